The summed E-state index contributed by atoms with van der Waals surface area (Å²) in [6.07, 6.45) is 0.728. The molecular weight excluding hydrogens is 317 g/mol. The van der Waals surface area contributed by atoms with Gasteiger partial charge in [-0.05, 0) is 35.6 Å². The lowest BCUT2D eigenvalue weighted by Crippen LogP contribution is -2.36. The third kappa shape index (κ3) is 5.71. The van der Waals surface area contributed by atoms with Crippen LogP contribution in [0.4, 0.5) is 9.18 Å². The van der Waals surface area contributed by atoms with Crippen LogP contribution in [0.25, 0.3) is 0 Å². The maximum atomic E-state index is 12.8. The molecule has 0 bridgehead atoms. The van der Waals surface area contributed by atoms with Gasteiger partial charge in [0.2, 0.25) is 5.91 Å². The van der Waals surface area contributed by atoms with Crippen LogP contribution < -0.4 is 16.4 Å². The number of nitrogens with two attached hydrogens (primary N) is 1. The van der Waals surface area contributed by atoms with E-state index in [2.05, 4.69) is 10.6 Å². The van der Waals surface area contributed by atoms with Gasteiger partial charge < -0.3 is 16.4 Å². The molecule has 0 saturated carbocycles. The van der Waals surface area contributed by atoms with Crippen molar-refractivity contribution >= 4 is 23.3 Å². The fourth-order valence-corrected chi connectivity index (χ4v) is 2.92. The lowest BCUT2D eigenvalue weighted by atomic mass is 10.1. The van der Waals surface area contributed by atoms with Crippen molar-refractivity contribution in [3.8, 4) is 0 Å². The number of primary amides is 1. The van der Waals surface area contributed by atoms with E-state index in [4.69, 9.17) is 5.73 Å². The summed E-state index contributed by atoms with van der Waals surface area (Å²) in [4.78, 5) is 24.0. The molecule has 0 aliphatic carbocycles. The number of carbonyl (C=O) groups excluding carboxylic acids is 2. The minimum absolute atomic E-state index is 0.118. The van der Waals surface area contributed by atoms with E-state index in [0.717, 1.165) is 10.4 Å². The van der Waals surface area contributed by atoms with Gasteiger partial charge in [-0.2, -0.15) is 0 Å². The van der Waals surface area contributed by atoms with Gasteiger partial charge in [0.15, 0.2) is 0 Å². The number of rotatable bonds is 7. The van der Waals surface area contributed by atoms with Crippen molar-refractivity contribution in [2.24, 2.45) is 5.73 Å². The maximum Gasteiger partial charge on any atom is 0.312 e. The first-order valence-corrected chi connectivity index (χ1v) is 8.03. The van der Waals surface area contributed by atoms with Crippen molar-refractivity contribution in [2.75, 3.05) is 6.54 Å². The number of hydrogen-bond donors (Lipinski definition) is 3. The summed E-state index contributed by atoms with van der Waals surface area (Å²) < 4.78 is 12.8. The molecule has 0 aliphatic rings. The molecule has 23 heavy (non-hydrogen) atoms. The summed E-state index contributed by atoms with van der Waals surface area (Å²) in [5.41, 5.74) is 6.10. The normalized spacial score (nSPS) is 11.7. The molecule has 0 saturated heterocycles. The molecule has 122 valence electrons. The average Bonchev–Trinajstić information content (AvgIpc) is 3.02. The zero-order valence-corrected chi connectivity index (χ0v) is 13.2. The molecule has 7 heteroatoms. The number of carbonyl (C=O) groups is 2. The quantitative estimate of drug-likeness (QED) is 0.725. The molecule has 1 aromatic heterocycles. The van der Waals surface area contributed by atoms with Gasteiger partial charge in [0.05, 0.1) is 12.5 Å². The van der Waals surface area contributed by atoms with Gasteiger partial charge in [0, 0.05) is 11.4 Å². The van der Waals surface area contributed by atoms with E-state index in [1.807, 2.05) is 17.5 Å². The number of urea groups is 1. The Morgan fingerprint density at radius 2 is 1.96 bits per heavy atom. The molecule has 1 unspecified atom stereocenters. The Morgan fingerprint density at radius 1 is 1.22 bits per heavy atom. The molecular formula is C16H18FN3O2S. The van der Waals surface area contributed by atoms with Gasteiger partial charge in [0.25, 0.3) is 0 Å². The van der Waals surface area contributed by atoms with Crippen LogP contribution in [0.1, 0.15) is 22.9 Å². The van der Waals surface area contributed by atoms with Crippen molar-refractivity contribution in [2.45, 2.75) is 18.9 Å². The van der Waals surface area contributed by atoms with Crippen molar-refractivity contribution < 1.29 is 14.0 Å². The van der Waals surface area contributed by atoms with Gasteiger partial charge in [-0.1, -0.05) is 18.2 Å². The predicted octanol–water partition coefficient (Wildman–Crippen LogP) is 2.35. The zero-order chi connectivity index (χ0) is 16.7. The van der Waals surface area contributed by atoms with Gasteiger partial charge in [-0.15, -0.1) is 11.3 Å². The lowest BCUT2D eigenvalue weighted by Gasteiger charge is -2.15. The minimum Gasteiger partial charge on any atom is -0.356 e. The van der Waals surface area contributed by atoms with Gasteiger partial charge in [-0.25, -0.2) is 9.18 Å². The molecule has 1 aromatic carbocycles. The minimum atomic E-state index is -0.664. The van der Waals surface area contributed by atoms with E-state index in [1.165, 1.54) is 23.5 Å². The van der Waals surface area contributed by atoms with Crippen LogP contribution in [0.2, 0.25) is 0 Å². The van der Waals surface area contributed by atoms with E-state index in [0.29, 0.717) is 13.0 Å². The van der Waals surface area contributed by atoms with E-state index < -0.39 is 12.1 Å². The smallest absolute Gasteiger partial charge is 0.312 e. The summed E-state index contributed by atoms with van der Waals surface area (Å²) in [6.45, 7) is 0.443. The maximum absolute atomic E-state index is 12.8. The number of hydrogen-bond acceptors (Lipinski definition) is 3. The van der Waals surface area contributed by atoms with E-state index in [9.17, 15) is 14.0 Å². The Kier molecular flexibility index (Phi) is 6.10. The summed E-state index contributed by atoms with van der Waals surface area (Å²) in [5.74, 6) is -0.464. The molecule has 2 aromatic rings. The second kappa shape index (κ2) is 8.28. The Hall–Kier alpha value is -2.41. The summed E-state index contributed by atoms with van der Waals surface area (Å²) in [5, 5.41) is 7.24. The molecule has 2 rings (SSSR count). The number of nitrogens with one attached hydrogen (secondary N) is 2. The van der Waals surface area contributed by atoms with E-state index in [-0.39, 0.29) is 18.1 Å². The van der Waals surface area contributed by atoms with E-state index >= 15 is 0 Å². The van der Waals surface area contributed by atoms with Gasteiger partial charge >= 0.3 is 6.03 Å². The summed E-state index contributed by atoms with van der Waals surface area (Å²) in [7, 11) is 0. The van der Waals surface area contributed by atoms with E-state index in [1.54, 1.807) is 12.1 Å². The predicted molar refractivity (Wildman–Crippen MR) is 87.5 cm³/mol. The van der Waals surface area contributed by atoms with Crippen LogP contribution in [-0.2, 0) is 11.2 Å². The zero-order valence-electron chi connectivity index (χ0n) is 12.4. The Morgan fingerprint density at radius 3 is 2.57 bits per heavy atom. The highest BCUT2D eigenvalue weighted by Gasteiger charge is 2.18. The van der Waals surface area contributed by atoms with Crippen LogP contribution in [0, 0.1) is 5.82 Å². The number of halogens is 1. The molecule has 4 N–H and O–H groups in total. The highest BCUT2D eigenvalue weighted by atomic mass is 32.1. The standard InChI is InChI=1S/C16H18FN3O2S/c17-12-5-3-11(4-6-12)7-8-19-15(21)10-13(20-16(18)22)14-2-1-9-23-14/h1-6,9,13H,7-8,10H2,(H,19,21)(H3,18,20,22). The second-order valence-corrected chi connectivity index (χ2v) is 5.99. The van der Waals surface area contributed by atoms with Crippen molar-refractivity contribution in [1.29, 1.82) is 0 Å². The van der Waals surface area contributed by atoms with Crippen molar-refractivity contribution in [3.05, 3.63) is 58.0 Å². The van der Waals surface area contributed by atoms with Crippen molar-refractivity contribution in [3.63, 3.8) is 0 Å². The summed E-state index contributed by atoms with van der Waals surface area (Å²) >= 11 is 1.45. The Labute approximate surface area is 137 Å². The molecule has 5 nitrogen and oxygen atoms in total. The highest BCUT2D eigenvalue weighted by molar-refractivity contribution is 7.10. The summed E-state index contributed by atoms with van der Waals surface area (Å²) in [6, 6.07) is 8.75. The van der Waals surface area contributed by atoms with Crippen LogP contribution in [0.3, 0.4) is 0 Å². The average molecular weight is 335 g/mol. The molecule has 0 spiro atoms. The first-order valence-electron chi connectivity index (χ1n) is 7.15. The van der Waals surface area contributed by atoms with Crippen molar-refractivity contribution in [1.82, 2.24) is 10.6 Å². The highest BCUT2D eigenvalue weighted by Crippen LogP contribution is 2.21. The SMILES string of the molecule is NC(=O)NC(CC(=O)NCCc1ccc(F)cc1)c1cccs1. The Bertz CT molecular complexity index is 644. The van der Waals surface area contributed by atoms with Crippen LogP contribution >= 0.6 is 11.3 Å². The lowest BCUT2D eigenvalue weighted by molar-refractivity contribution is -0.121. The van der Waals surface area contributed by atoms with Gasteiger partial charge in [-0.3, -0.25) is 4.79 Å². The monoisotopic (exact) mass is 335 g/mol. The first kappa shape index (κ1) is 17.0. The molecule has 3 amide bonds. The van der Waals surface area contributed by atoms with Crippen LogP contribution in [-0.4, -0.2) is 18.5 Å². The number of amides is 3. The largest absolute Gasteiger partial charge is 0.356 e. The molecule has 0 aliphatic heterocycles. The molecule has 1 heterocycles. The third-order valence-electron chi connectivity index (χ3n) is 3.24. The first-order chi connectivity index (χ1) is 11.0. The van der Waals surface area contributed by atoms with Gasteiger partial charge in [0.1, 0.15) is 5.82 Å². The molecule has 0 fully saturated rings. The third-order valence-corrected chi connectivity index (χ3v) is 4.23. The second-order valence-electron chi connectivity index (χ2n) is 5.01. The number of thiophene rings is 1. The molecule has 1 atom stereocenters. The topological polar surface area (TPSA) is 84.2 Å². The number of benzene rings is 1. The van der Waals surface area contributed by atoms with Crippen LogP contribution in [0.15, 0.2) is 41.8 Å². The molecule has 0 radical (unpaired) electrons. The fraction of sp³-hybridized carbons (Fsp3) is 0.250. The fourth-order valence-electron chi connectivity index (χ4n) is 2.14. The Balaban J connectivity index is 1.82. The van der Waals surface area contributed by atoms with Crippen LogP contribution in [0.5, 0.6) is 0 Å².